The van der Waals surface area contributed by atoms with Gasteiger partial charge in [-0.3, -0.25) is 10.2 Å². The van der Waals surface area contributed by atoms with Crippen LogP contribution in [0.2, 0.25) is 5.02 Å². The summed E-state index contributed by atoms with van der Waals surface area (Å²) in [4.78, 5) is 11.6. The fourth-order valence-corrected chi connectivity index (χ4v) is 1.30. The number of carbonyl (C=O) groups excluding carboxylic acids is 1. The summed E-state index contributed by atoms with van der Waals surface area (Å²) in [5.41, 5.74) is 3.02. The molecule has 1 amide bonds. The van der Waals surface area contributed by atoms with Crippen molar-refractivity contribution in [2.45, 2.75) is 26.3 Å². The molecule has 0 saturated carbocycles. The third-order valence-corrected chi connectivity index (χ3v) is 2.31. The van der Waals surface area contributed by atoms with Crippen LogP contribution in [0, 0.1) is 0 Å². The Bertz CT molecular complexity index is 449. The highest BCUT2D eigenvalue weighted by Gasteiger charge is 2.17. The summed E-state index contributed by atoms with van der Waals surface area (Å²) in [6, 6.07) is 6.89. The molecular weight excluding hydrogens is 273 g/mol. The van der Waals surface area contributed by atoms with Gasteiger partial charge in [0.05, 0.1) is 5.69 Å². The van der Waals surface area contributed by atoms with Gasteiger partial charge in [-0.25, -0.2) is 0 Å². The quantitative estimate of drug-likeness (QED) is 0.662. The Morgan fingerprint density at radius 3 is 2.28 bits per heavy atom. The van der Waals surface area contributed by atoms with Gasteiger partial charge >= 0.3 is 0 Å². The molecule has 0 heterocycles. The van der Waals surface area contributed by atoms with Gasteiger partial charge in [-0.2, -0.15) is 5.10 Å². The van der Waals surface area contributed by atoms with E-state index in [4.69, 9.17) is 23.2 Å². The van der Waals surface area contributed by atoms with Crippen LogP contribution in [0.3, 0.4) is 0 Å². The van der Waals surface area contributed by atoms with Crippen molar-refractivity contribution in [3.05, 3.63) is 29.3 Å². The van der Waals surface area contributed by atoms with Gasteiger partial charge in [0.25, 0.3) is 5.91 Å². The molecule has 0 radical (unpaired) electrons. The number of hydrogen-bond donors (Lipinski definition) is 2. The Hall–Kier alpha value is -1.26. The average Bonchev–Trinajstić information content (AvgIpc) is 2.25. The van der Waals surface area contributed by atoms with Crippen molar-refractivity contribution in [2.24, 2.45) is 5.10 Å². The Kier molecular flexibility index (Phi) is 4.99. The summed E-state index contributed by atoms with van der Waals surface area (Å²) in [6.45, 7) is 5.59. The zero-order valence-corrected chi connectivity index (χ0v) is 11.9. The van der Waals surface area contributed by atoms with Gasteiger partial charge in [0.15, 0.2) is 0 Å². The molecule has 0 fully saturated rings. The first kappa shape index (κ1) is 14.8. The second kappa shape index (κ2) is 6.07. The molecule has 0 aromatic heterocycles. The summed E-state index contributed by atoms with van der Waals surface area (Å²) in [5.74, 6) is -0.425. The molecule has 0 aliphatic carbocycles. The van der Waals surface area contributed by atoms with Crippen LogP contribution < -0.4 is 10.7 Å². The minimum absolute atomic E-state index is 0.153. The van der Waals surface area contributed by atoms with Crippen LogP contribution in [0.15, 0.2) is 29.4 Å². The molecular formula is C12H15Cl2N3O. The van der Waals surface area contributed by atoms with Crippen LogP contribution in [-0.2, 0) is 4.79 Å². The molecule has 1 aromatic carbocycles. The summed E-state index contributed by atoms with van der Waals surface area (Å²) < 4.78 is 0. The fraction of sp³-hybridized carbons (Fsp3) is 0.333. The van der Waals surface area contributed by atoms with Crippen LogP contribution in [0.1, 0.15) is 20.8 Å². The summed E-state index contributed by atoms with van der Waals surface area (Å²) in [6.07, 6.45) is 0. The summed E-state index contributed by atoms with van der Waals surface area (Å²) >= 11 is 11.5. The number of carbonyl (C=O) groups is 1. The summed E-state index contributed by atoms with van der Waals surface area (Å²) in [7, 11) is 0. The summed E-state index contributed by atoms with van der Waals surface area (Å²) in [5, 5.41) is 6.96. The van der Waals surface area contributed by atoms with E-state index in [0.717, 1.165) is 0 Å². The molecule has 0 unspecified atom stereocenters. The van der Waals surface area contributed by atoms with Crippen molar-refractivity contribution in [3.63, 3.8) is 0 Å². The first-order chi connectivity index (χ1) is 8.28. The number of nitrogens with one attached hydrogen (secondary N) is 2. The number of nitrogens with zero attached hydrogens (tertiary/aromatic N) is 1. The van der Waals surface area contributed by atoms with Gasteiger partial charge in [-0.15, -0.1) is 0 Å². The second-order valence-corrected chi connectivity index (χ2v) is 5.52. The predicted molar refractivity (Wildman–Crippen MR) is 76.3 cm³/mol. The fourth-order valence-electron chi connectivity index (χ4n) is 1.08. The van der Waals surface area contributed by atoms with Crippen LogP contribution in [0.4, 0.5) is 5.69 Å². The molecule has 0 atom stereocenters. The minimum Gasteiger partial charge on any atom is -0.345 e. The zero-order chi connectivity index (χ0) is 13.8. The highest BCUT2D eigenvalue weighted by molar-refractivity contribution is 6.82. The van der Waals surface area contributed by atoms with Crippen molar-refractivity contribution in [1.82, 2.24) is 5.32 Å². The van der Waals surface area contributed by atoms with E-state index in [9.17, 15) is 4.79 Å². The van der Waals surface area contributed by atoms with E-state index < -0.39 is 5.91 Å². The highest BCUT2D eigenvalue weighted by Crippen LogP contribution is 2.13. The lowest BCUT2D eigenvalue weighted by Crippen LogP contribution is -2.43. The molecule has 0 bridgehead atoms. The van der Waals surface area contributed by atoms with Gasteiger partial charge in [-0.1, -0.05) is 23.2 Å². The van der Waals surface area contributed by atoms with Crippen LogP contribution in [0.5, 0.6) is 0 Å². The smallest absolute Gasteiger partial charge is 0.283 e. The van der Waals surface area contributed by atoms with E-state index in [1.165, 1.54) is 0 Å². The third-order valence-electron chi connectivity index (χ3n) is 1.80. The van der Waals surface area contributed by atoms with Crippen molar-refractivity contribution < 1.29 is 4.79 Å². The van der Waals surface area contributed by atoms with E-state index in [1.54, 1.807) is 24.3 Å². The van der Waals surface area contributed by atoms with Crippen LogP contribution >= 0.6 is 23.2 Å². The van der Waals surface area contributed by atoms with E-state index in [-0.39, 0.29) is 10.7 Å². The molecule has 98 valence electrons. The second-order valence-electron chi connectivity index (χ2n) is 4.73. The largest absolute Gasteiger partial charge is 0.345 e. The van der Waals surface area contributed by atoms with Crippen molar-refractivity contribution in [3.8, 4) is 0 Å². The van der Waals surface area contributed by atoms with Crippen LogP contribution in [-0.4, -0.2) is 16.6 Å². The number of amides is 1. The molecule has 6 heteroatoms. The van der Waals surface area contributed by atoms with E-state index in [0.29, 0.717) is 10.7 Å². The van der Waals surface area contributed by atoms with Crippen molar-refractivity contribution in [2.75, 3.05) is 5.43 Å². The minimum atomic E-state index is -0.425. The number of halogens is 2. The number of hydrazone groups is 1. The maximum atomic E-state index is 11.6. The molecule has 0 aliphatic rings. The Balaban J connectivity index is 2.61. The standard InChI is InChI=1S/C12H15Cl2N3O/c1-12(2,3)15-11(18)10(14)17-16-9-6-4-8(13)5-7-9/h4-7,16H,1-3H3,(H,15,18). The van der Waals surface area contributed by atoms with Gasteiger partial charge < -0.3 is 5.32 Å². The lowest BCUT2D eigenvalue weighted by atomic mass is 10.1. The lowest BCUT2D eigenvalue weighted by Gasteiger charge is -2.19. The maximum Gasteiger partial charge on any atom is 0.283 e. The molecule has 1 aromatic rings. The zero-order valence-electron chi connectivity index (χ0n) is 10.4. The molecule has 2 N–H and O–H groups in total. The topological polar surface area (TPSA) is 53.5 Å². The normalized spacial score (nSPS) is 12.2. The SMILES string of the molecule is CC(C)(C)NC(=O)C(Cl)=NNc1ccc(Cl)cc1. The van der Waals surface area contributed by atoms with E-state index >= 15 is 0 Å². The Labute approximate surface area is 116 Å². The van der Waals surface area contributed by atoms with Crippen LogP contribution in [0.25, 0.3) is 0 Å². The first-order valence-electron chi connectivity index (χ1n) is 5.35. The monoisotopic (exact) mass is 287 g/mol. The van der Waals surface area contributed by atoms with Gasteiger partial charge in [-0.05, 0) is 45.0 Å². The number of hydrogen-bond acceptors (Lipinski definition) is 3. The number of anilines is 1. The molecule has 18 heavy (non-hydrogen) atoms. The average molecular weight is 288 g/mol. The molecule has 1 rings (SSSR count). The lowest BCUT2D eigenvalue weighted by molar-refractivity contribution is -0.115. The van der Waals surface area contributed by atoms with Gasteiger partial charge in [0, 0.05) is 10.6 Å². The highest BCUT2D eigenvalue weighted by atomic mass is 35.5. The van der Waals surface area contributed by atoms with Crippen molar-refractivity contribution in [1.29, 1.82) is 0 Å². The Morgan fingerprint density at radius 1 is 1.22 bits per heavy atom. The number of rotatable bonds is 3. The first-order valence-corrected chi connectivity index (χ1v) is 6.11. The molecule has 0 aliphatic heterocycles. The molecule has 0 saturated heterocycles. The maximum absolute atomic E-state index is 11.6. The Morgan fingerprint density at radius 2 is 1.78 bits per heavy atom. The van der Waals surface area contributed by atoms with Crippen molar-refractivity contribution >= 4 is 40.0 Å². The van der Waals surface area contributed by atoms with Gasteiger partial charge in [0.1, 0.15) is 0 Å². The van der Waals surface area contributed by atoms with E-state index in [2.05, 4.69) is 15.8 Å². The van der Waals surface area contributed by atoms with Gasteiger partial charge in [0.2, 0.25) is 5.17 Å². The van der Waals surface area contributed by atoms with E-state index in [1.807, 2.05) is 20.8 Å². The number of benzene rings is 1. The molecule has 0 spiro atoms. The third kappa shape index (κ3) is 5.38. The predicted octanol–water partition coefficient (Wildman–Crippen LogP) is 3.22. The molecule has 4 nitrogen and oxygen atoms in total.